The molecule has 4 heterocycles. The molecule has 3 atom stereocenters. The van der Waals surface area contributed by atoms with Crippen LogP contribution in [-0.2, 0) is 13.1 Å². The summed E-state index contributed by atoms with van der Waals surface area (Å²) in [4.78, 5) is 30.1. The lowest BCUT2D eigenvalue weighted by molar-refractivity contribution is 0.0593. The lowest BCUT2D eigenvalue weighted by atomic mass is 9.82. The Bertz CT molecular complexity index is 1120. The van der Waals surface area contributed by atoms with Gasteiger partial charge in [-0.05, 0) is 37.0 Å². The van der Waals surface area contributed by atoms with Crippen molar-refractivity contribution in [3.8, 4) is 6.07 Å². The molecule has 7 heteroatoms. The fraction of sp³-hybridized carbons (Fsp3) is 0.458. The van der Waals surface area contributed by atoms with Gasteiger partial charge in [-0.2, -0.15) is 5.26 Å². The maximum atomic E-state index is 13.5. The van der Waals surface area contributed by atoms with E-state index in [2.05, 4.69) is 6.07 Å². The number of amides is 1. The van der Waals surface area contributed by atoms with E-state index in [1.54, 1.807) is 24.3 Å². The van der Waals surface area contributed by atoms with Crippen LogP contribution in [0, 0.1) is 17.2 Å². The van der Waals surface area contributed by atoms with Crippen molar-refractivity contribution in [2.45, 2.75) is 38.0 Å². The molecular weight excluding hydrogens is 395 g/mol. The van der Waals surface area contributed by atoms with Gasteiger partial charge in [0.15, 0.2) is 0 Å². The molecule has 1 aromatic carbocycles. The molecule has 160 valence electrons. The van der Waals surface area contributed by atoms with Crippen LogP contribution < -0.4 is 5.56 Å². The third-order valence-corrected chi connectivity index (χ3v) is 6.86. The Morgan fingerprint density at radius 1 is 1.13 bits per heavy atom. The summed E-state index contributed by atoms with van der Waals surface area (Å²) in [6.07, 6.45) is 0.697. The number of alkyl halides is 1. The molecule has 0 N–H and O–H groups in total. The predicted octanol–water partition coefficient (Wildman–Crippen LogP) is 2.52. The van der Waals surface area contributed by atoms with Gasteiger partial charge < -0.3 is 9.47 Å². The summed E-state index contributed by atoms with van der Waals surface area (Å²) in [5.41, 5.74) is 2.54. The van der Waals surface area contributed by atoms with E-state index in [1.807, 2.05) is 26.5 Å². The summed E-state index contributed by atoms with van der Waals surface area (Å²) < 4.78 is 15.4. The minimum atomic E-state index is -0.797. The van der Waals surface area contributed by atoms with Crippen LogP contribution in [0.25, 0.3) is 0 Å². The number of piperidine rings is 1. The number of nitrogens with zero attached hydrogens (tertiary/aromatic N) is 4. The van der Waals surface area contributed by atoms with Crippen molar-refractivity contribution in [2.24, 2.45) is 5.92 Å². The van der Waals surface area contributed by atoms with Crippen LogP contribution in [0.4, 0.5) is 4.39 Å². The Balaban J connectivity index is 1.38. The summed E-state index contributed by atoms with van der Waals surface area (Å²) in [5.74, 6) is 0.197. The highest BCUT2D eigenvalue weighted by Gasteiger charge is 2.37. The number of halogens is 1. The van der Waals surface area contributed by atoms with Gasteiger partial charge in [-0.25, -0.2) is 4.39 Å². The molecule has 0 saturated carbocycles. The number of carbonyl (C=O) groups is 1. The number of hydrogen-bond acceptors (Lipinski definition) is 4. The van der Waals surface area contributed by atoms with E-state index in [4.69, 9.17) is 0 Å². The quantitative estimate of drug-likeness (QED) is 0.765. The van der Waals surface area contributed by atoms with E-state index in [0.717, 1.165) is 12.1 Å². The number of fused-ring (bicyclic) bond motifs is 4. The molecule has 1 aromatic heterocycles. The Morgan fingerprint density at radius 2 is 1.97 bits per heavy atom. The van der Waals surface area contributed by atoms with Gasteiger partial charge in [0.2, 0.25) is 0 Å². The molecule has 6 nitrogen and oxygen atoms in total. The number of rotatable bonds is 3. The van der Waals surface area contributed by atoms with E-state index >= 15 is 0 Å². The van der Waals surface area contributed by atoms with Crippen LogP contribution in [0.5, 0.6) is 0 Å². The van der Waals surface area contributed by atoms with Crippen molar-refractivity contribution in [1.29, 1.82) is 5.26 Å². The number of nitriles is 1. The van der Waals surface area contributed by atoms with Crippen LogP contribution in [0.2, 0.25) is 0 Å². The van der Waals surface area contributed by atoms with Crippen LogP contribution in [0.15, 0.2) is 41.2 Å². The van der Waals surface area contributed by atoms with Gasteiger partial charge in [-0.15, -0.1) is 0 Å². The highest BCUT2D eigenvalue weighted by atomic mass is 19.1. The highest BCUT2D eigenvalue weighted by Crippen LogP contribution is 2.36. The minimum Gasteiger partial charge on any atom is -0.338 e. The van der Waals surface area contributed by atoms with E-state index in [-0.39, 0.29) is 23.3 Å². The summed E-state index contributed by atoms with van der Waals surface area (Å²) in [5, 5.41) is 9.35. The largest absolute Gasteiger partial charge is 0.338 e. The average Bonchev–Trinajstić information content (AvgIpc) is 3.20. The van der Waals surface area contributed by atoms with Crippen molar-refractivity contribution in [1.82, 2.24) is 14.4 Å². The van der Waals surface area contributed by atoms with Crippen molar-refractivity contribution >= 4 is 5.91 Å². The van der Waals surface area contributed by atoms with Gasteiger partial charge in [0.05, 0.1) is 17.2 Å². The molecule has 3 aliphatic rings. The maximum absolute atomic E-state index is 13.5. The van der Waals surface area contributed by atoms with E-state index in [0.29, 0.717) is 62.4 Å². The topological polar surface area (TPSA) is 69.3 Å². The van der Waals surface area contributed by atoms with Crippen molar-refractivity contribution < 1.29 is 9.18 Å². The Morgan fingerprint density at radius 3 is 2.74 bits per heavy atom. The summed E-state index contributed by atoms with van der Waals surface area (Å²) in [6.45, 7) is 3.30. The molecule has 0 spiro atoms. The molecule has 5 rings (SSSR count). The normalized spacial score (nSPS) is 25.2. The van der Waals surface area contributed by atoms with Crippen LogP contribution in [0.1, 0.15) is 45.9 Å². The fourth-order valence-corrected chi connectivity index (χ4v) is 5.38. The standard InChI is InChI=1S/C24H25FN4O2/c25-20-7-8-27(15-20)13-18-5-6-22-19-9-16(12-29(22)23(18)30)11-28(14-19)24(31)21-4-2-1-3-17(21)10-26/h1-6,16,19-20H,7-9,11-15H2/t16-,19+,20+/m0/s1. The van der Waals surface area contributed by atoms with Crippen molar-refractivity contribution in [3.05, 3.63) is 69.1 Å². The summed E-state index contributed by atoms with van der Waals surface area (Å²) in [7, 11) is 0. The smallest absolute Gasteiger partial charge is 0.255 e. The zero-order chi connectivity index (χ0) is 21.5. The first kappa shape index (κ1) is 20.0. The molecule has 0 unspecified atom stereocenters. The fourth-order valence-electron chi connectivity index (χ4n) is 5.38. The first-order valence-corrected chi connectivity index (χ1v) is 10.9. The first-order valence-electron chi connectivity index (χ1n) is 10.9. The van der Waals surface area contributed by atoms with Gasteiger partial charge >= 0.3 is 0 Å². The first-order chi connectivity index (χ1) is 15.0. The molecule has 31 heavy (non-hydrogen) atoms. The molecule has 0 aliphatic carbocycles. The molecule has 2 bridgehead atoms. The molecular formula is C24H25FN4O2. The van der Waals surface area contributed by atoms with Crippen LogP contribution in [0.3, 0.4) is 0 Å². The minimum absolute atomic E-state index is 0.0177. The zero-order valence-corrected chi connectivity index (χ0v) is 17.3. The number of carbonyl (C=O) groups excluding carboxylic acids is 1. The second-order valence-electron chi connectivity index (χ2n) is 8.99. The van der Waals surface area contributed by atoms with Gasteiger partial charge in [0.25, 0.3) is 11.5 Å². The average molecular weight is 420 g/mol. The SMILES string of the molecule is N#Cc1ccccc1C(=O)N1C[C@@H]2C[C@H](C1)c1ccc(CN3CC[C@@H](F)C3)c(=O)n1C2. The van der Waals surface area contributed by atoms with Crippen molar-refractivity contribution in [3.63, 3.8) is 0 Å². The van der Waals surface area contributed by atoms with E-state index < -0.39 is 6.17 Å². The van der Waals surface area contributed by atoms with Crippen LogP contribution >= 0.6 is 0 Å². The molecule has 1 amide bonds. The lowest BCUT2D eigenvalue weighted by Gasteiger charge is -2.43. The molecule has 2 aromatic rings. The molecule has 0 radical (unpaired) electrons. The van der Waals surface area contributed by atoms with Crippen LogP contribution in [-0.4, -0.2) is 52.6 Å². The maximum Gasteiger partial charge on any atom is 0.255 e. The number of benzene rings is 1. The number of pyridine rings is 1. The Hall–Kier alpha value is -2.98. The van der Waals surface area contributed by atoms with E-state index in [9.17, 15) is 19.2 Å². The Kier molecular flexibility index (Phi) is 5.11. The third-order valence-electron chi connectivity index (χ3n) is 6.86. The van der Waals surface area contributed by atoms with E-state index in [1.165, 1.54) is 0 Å². The molecule has 3 aliphatic heterocycles. The third kappa shape index (κ3) is 3.66. The van der Waals surface area contributed by atoms with Gasteiger partial charge in [0.1, 0.15) is 6.17 Å². The molecule has 2 fully saturated rings. The molecule has 2 saturated heterocycles. The summed E-state index contributed by atoms with van der Waals surface area (Å²) >= 11 is 0. The summed E-state index contributed by atoms with van der Waals surface area (Å²) in [6, 6.07) is 12.9. The predicted molar refractivity (Wildman–Crippen MR) is 113 cm³/mol. The number of hydrogen-bond donors (Lipinski definition) is 0. The zero-order valence-electron chi connectivity index (χ0n) is 17.3. The highest BCUT2D eigenvalue weighted by molar-refractivity contribution is 5.96. The Labute approximate surface area is 180 Å². The number of likely N-dealkylation sites (tertiary alicyclic amines) is 2. The van der Waals surface area contributed by atoms with Gasteiger partial charge in [0, 0.05) is 56.4 Å². The second-order valence-corrected chi connectivity index (χ2v) is 8.99. The number of aromatic nitrogens is 1. The lowest BCUT2D eigenvalue weighted by Crippen LogP contribution is -2.49. The second kappa shape index (κ2) is 7.93. The van der Waals surface area contributed by atoms with Gasteiger partial charge in [-0.3, -0.25) is 14.5 Å². The van der Waals surface area contributed by atoms with Gasteiger partial charge in [-0.1, -0.05) is 18.2 Å². The monoisotopic (exact) mass is 420 g/mol. The van der Waals surface area contributed by atoms with Crippen molar-refractivity contribution in [2.75, 3.05) is 26.2 Å².